The quantitative estimate of drug-likeness (QED) is 0.537. The second-order valence-corrected chi connectivity index (χ2v) is 8.41. The standard InChI is InChI=1S/C22H23F5N2O5/c1-20(32,10-30)15-8-11(6-7-28-15)29-19(31)18-13(9-21(2,34-18)22(25,26)27)12-4-5-14(23)16(24)17(12)33-3/h4-8,13,18,30,32H,9-10H2,1-3H3,(H,28,29,31)/t13-,18+,20+,21+/m0/s1. The Bertz CT molecular complexity index is 1080. The van der Waals surface area contributed by atoms with E-state index in [1.165, 1.54) is 25.3 Å². The van der Waals surface area contributed by atoms with Gasteiger partial charge in [0.1, 0.15) is 11.7 Å². The maximum absolute atomic E-state index is 14.3. The minimum Gasteiger partial charge on any atom is -0.493 e. The van der Waals surface area contributed by atoms with Gasteiger partial charge in [0.25, 0.3) is 5.91 Å². The number of rotatable bonds is 6. The lowest BCUT2D eigenvalue weighted by molar-refractivity contribution is -0.261. The Morgan fingerprint density at radius 2 is 2.00 bits per heavy atom. The number of ether oxygens (including phenoxy) is 2. The number of carbonyl (C=O) groups excluding carboxylic acids is 1. The van der Waals surface area contributed by atoms with E-state index in [0.29, 0.717) is 0 Å². The molecule has 3 rings (SSSR count). The number of amides is 1. The number of methoxy groups -OCH3 is 1. The average molecular weight is 490 g/mol. The summed E-state index contributed by atoms with van der Waals surface area (Å²) in [5.74, 6) is -5.61. The molecule has 7 nitrogen and oxygen atoms in total. The molecular formula is C22H23F5N2O5. The SMILES string of the molecule is COc1c([C@@H]2C[C@](C)(C(F)(F)F)O[C@H]2C(=O)Nc2ccnc([C@](C)(O)CO)c2)ccc(F)c1F. The molecule has 1 aromatic carbocycles. The van der Waals surface area contributed by atoms with E-state index >= 15 is 0 Å². The Hall–Kier alpha value is -2.83. The van der Waals surface area contributed by atoms with Gasteiger partial charge in [-0.25, -0.2) is 4.39 Å². The van der Waals surface area contributed by atoms with Crippen molar-refractivity contribution in [2.45, 2.75) is 49.7 Å². The lowest BCUT2D eigenvalue weighted by Gasteiger charge is -2.27. The number of aliphatic hydroxyl groups excluding tert-OH is 1. The van der Waals surface area contributed by atoms with Crippen LogP contribution in [0.4, 0.5) is 27.6 Å². The minimum absolute atomic E-state index is 0.000838. The zero-order valence-electron chi connectivity index (χ0n) is 18.4. The zero-order valence-corrected chi connectivity index (χ0v) is 18.4. The predicted octanol–water partition coefficient (Wildman–Crippen LogP) is 3.40. The van der Waals surface area contributed by atoms with Crippen molar-refractivity contribution in [2.75, 3.05) is 19.0 Å². The van der Waals surface area contributed by atoms with E-state index < -0.39 is 65.7 Å². The van der Waals surface area contributed by atoms with E-state index in [-0.39, 0.29) is 16.9 Å². The summed E-state index contributed by atoms with van der Waals surface area (Å²) in [5, 5.41) is 21.9. The smallest absolute Gasteiger partial charge is 0.417 e. The van der Waals surface area contributed by atoms with Crippen molar-refractivity contribution in [1.82, 2.24) is 4.98 Å². The van der Waals surface area contributed by atoms with Crippen LogP contribution >= 0.6 is 0 Å². The number of nitrogens with one attached hydrogen (secondary N) is 1. The summed E-state index contributed by atoms with van der Waals surface area (Å²) in [4.78, 5) is 17.0. The van der Waals surface area contributed by atoms with Crippen molar-refractivity contribution >= 4 is 11.6 Å². The monoisotopic (exact) mass is 490 g/mol. The molecule has 0 spiro atoms. The fraction of sp³-hybridized carbons (Fsp3) is 0.455. The van der Waals surface area contributed by atoms with Crippen molar-refractivity contribution in [1.29, 1.82) is 0 Å². The molecule has 0 bridgehead atoms. The fourth-order valence-electron chi connectivity index (χ4n) is 3.77. The lowest BCUT2D eigenvalue weighted by Crippen LogP contribution is -2.43. The highest BCUT2D eigenvalue weighted by Crippen LogP contribution is 2.51. The first-order valence-electron chi connectivity index (χ1n) is 10.1. The number of pyridine rings is 1. The molecule has 0 saturated carbocycles. The van der Waals surface area contributed by atoms with Gasteiger partial charge in [-0.1, -0.05) is 6.07 Å². The molecule has 1 aliphatic heterocycles. The van der Waals surface area contributed by atoms with Crippen molar-refractivity contribution in [3.63, 3.8) is 0 Å². The van der Waals surface area contributed by atoms with Gasteiger partial charge in [0, 0.05) is 23.4 Å². The van der Waals surface area contributed by atoms with Crippen LogP contribution < -0.4 is 10.1 Å². The molecule has 3 N–H and O–H groups in total. The molecule has 1 fully saturated rings. The third-order valence-corrected chi connectivity index (χ3v) is 5.79. The summed E-state index contributed by atoms with van der Waals surface area (Å²) in [6.45, 7) is 1.37. The van der Waals surface area contributed by atoms with Crippen LogP contribution in [0.2, 0.25) is 0 Å². The highest BCUT2D eigenvalue weighted by Gasteiger charge is 2.61. The molecule has 34 heavy (non-hydrogen) atoms. The van der Waals surface area contributed by atoms with Gasteiger partial charge in [0.05, 0.1) is 19.4 Å². The molecule has 12 heteroatoms. The van der Waals surface area contributed by atoms with Crippen molar-refractivity contribution < 1.29 is 46.4 Å². The largest absolute Gasteiger partial charge is 0.493 e. The number of halogens is 5. The van der Waals surface area contributed by atoms with Gasteiger partial charge in [-0.2, -0.15) is 17.6 Å². The Balaban J connectivity index is 2.00. The van der Waals surface area contributed by atoms with Crippen molar-refractivity contribution in [2.24, 2.45) is 0 Å². The summed E-state index contributed by atoms with van der Waals surface area (Å²) < 4.78 is 79.4. The summed E-state index contributed by atoms with van der Waals surface area (Å²) in [6.07, 6.45) is -6.15. The van der Waals surface area contributed by atoms with E-state index in [4.69, 9.17) is 9.47 Å². The Labute approximate surface area is 191 Å². The number of hydrogen-bond donors (Lipinski definition) is 3. The summed E-state index contributed by atoms with van der Waals surface area (Å²) >= 11 is 0. The molecule has 0 radical (unpaired) electrons. The van der Waals surface area contributed by atoms with E-state index in [1.54, 1.807) is 0 Å². The van der Waals surface area contributed by atoms with Crippen LogP contribution in [0.5, 0.6) is 5.75 Å². The van der Waals surface area contributed by atoms with Gasteiger partial charge in [0.2, 0.25) is 5.82 Å². The molecule has 1 amide bonds. The number of anilines is 1. The van der Waals surface area contributed by atoms with Crippen molar-refractivity contribution in [3.05, 3.63) is 53.4 Å². The average Bonchev–Trinajstić information content (AvgIpc) is 3.14. The van der Waals surface area contributed by atoms with E-state index in [9.17, 15) is 37.0 Å². The Kier molecular flexibility index (Phi) is 6.89. The van der Waals surface area contributed by atoms with Gasteiger partial charge < -0.3 is 25.0 Å². The third kappa shape index (κ3) is 4.70. The number of hydrogen-bond acceptors (Lipinski definition) is 6. The summed E-state index contributed by atoms with van der Waals surface area (Å²) in [7, 11) is 1.03. The van der Waals surface area contributed by atoms with E-state index in [1.807, 2.05) is 0 Å². The molecule has 4 atom stereocenters. The van der Waals surface area contributed by atoms with Crippen LogP contribution in [-0.2, 0) is 15.1 Å². The summed E-state index contributed by atoms with van der Waals surface area (Å²) in [6, 6.07) is 4.34. The molecule has 2 heterocycles. The number of aromatic nitrogens is 1. The van der Waals surface area contributed by atoms with Gasteiger partial charge in [-0.05, 0) is 38.5 Å². The number of carbonyl (C=O) groups is 1. The topological polar surface area (TPSA) is 101 Å². The van der Waals surface area contributed by atoms with Crippen molar-refractivity contribution in [3.8, 4) is 5.75 Å². The lowest BCUT2D eigenvalue weighted by atomic mass is 9.85. The van der Waals surface area contributed by atoms with Crippen LogP contribution in [-0.4, -0.2) is 52.7 Å². The van der Waals surface area contributed by atoms with Crippen LogP contribution in [0.25, 0.3) is 0 Å². The number of nitrogens with zero attached hydrogens (tertiary/aromatic N) is 1. The molecule has 0 unspecified atom stereocenters. The maximum atomic E-state index is 14.3. The molecule has 0 aliphatic carbocycles. The maximum Gasteiger partial charge on any atom is 0.417 e. The zero-order chi connectivity index (χ0) is 25.5. The highest BCUT2D eigenvalue weighted by molar-refractivity contribution is 5.95. The normalized spacial score (nSPS) is 24.5. The first-order chi connectivity index (χ1) is 15.7. The Morgan fingerprint density at radius 3 is 2.59 bits per heavy atom. The van der Waals surface area contributed by atoms with E-state index in [0.717, 1.165) is 26.2 Å². The van der Waals surface area contributed by atoms with Crippen LogP contribution in [0.15, 0.2) is 30.5 Å². The third-order valence-electron chi connectivity index (χ3n) is 5.79. The van der Waals surface area contributed by atoms with Gasteiger partial charge in [-0.15, -0.1) is 0 Å². The van der Waals surface area contributed by atoms with Gasteiger partial charge in [-0.3, -0.25) is 9.78 Å². The molecule has 1 aliphatic rings. The number of benzene rings is 1. The van der Waals surface area contributed by atoms with E-state index in [2.05, 4.69) is 10.3 Å². The number of alkyl halides is 3. The fourth-order valence-corrected chi connectivity index (χ4v) is 3.77. The van der Waals surface area contributed by atoms with Gasteiger partial charge in [0.15, 0.2) is 17.2 Å². The Morgan fingerprint density at radius 1 is 1.32 bits per heavy atom. The molecule has 1 aromatic heterocycles. The second kappa shape index (κ2) is 9.08. The predicted molar refractivity (Wildman–Crippen MR) is 109 cm³/mol. The molecule has 2 aromatic rings. The van der Waals surface area contributed by atoms with Crippen LogP contribution in [0.3, 0.4) is 0 Å². The summed E-state index contributed by atoms with van der Waals surface area (Å²) in [5.41, 5.74) is -4.59. The molecule has 186 valence electrons. The molecule has 1 saturated heterocycles. The number of aliphatic hydroxyl groups is 2. The minimum atomic E-state index is -4.87. The first-order valence-corrected chi connectivity index (χ1v) is 10.1. The highest BCUT2D eigenvalue weighted by atomic mass is 19.4. The van der Waals surface area contributed by atoms with Gasteiger partial charge >= 0.3 is 6.18 Å². The first kappa shape index (κ1) is 25.8. The molecular weight excluding hydrogens is 467 g/mol. The van der Waals surface area contributed by atoms with Crippen LogP contribution in [0, 0.1) is 11.6 Å². The van der Waals surface area contributed by atoms with Crippen LogP contribution in [0.1, 0.15) is 37.4 Å². The second-order valence-electron chi connectivity index (χ2n) is 8.41.